The summed E-state index contributed by atoms with van der Waals surface area (Å²) in [6.07, 6.45) is -4.18. The predicted octanol–water partition coefficient (Wildman–Crippen LogP) is 4.78. The van der Waals surface area contributed by atoms with E-state index in [1.54, 1.807) is 18.2 Å². The minimum Gasteiger partial charge on any atom is -0.496 e. The summed E-state index contributed by atoms with van der Waals surface area (Å²) in [7, 11) is 2.79. The summed E-state index contributed by atoms with van der Waals surface area (Å²) < 4.78 is 48.1. The number of hydrogen-bond donors (Lipinski definition) is 1. The number of rotatable bonds is 9. The van der Waals surface area contributed by atoms with Gasteiger partial charge in [-0.2, -0.15) is 13.2 Å². The topological polar surface area (TPSA) is 64.6 Å². The number of aryl methyl sites for hydroxylation is 1. The zero-order valence-corrected chi connectivity index (χ0v) is 18.1. The SMILES string of the molecule is COc1cc(C(=O)CCc2ccc(Cl)cc2)c(OC)cc1CC(C)NC(=O)C(F)(F)F. The minimum atomic E-state index is -4.96. The van der Waals surface area contributed by atoms with Crippen LogP contribution in [0.25, 0.3) is 0 Å². The molecule has 31 heavy (non-hydrogen) atoms. The van der Waals surface area contributed by atoms with Gasteiger partial charge in [-0.15, -0.1) is 0 Å². The molecule has 2 aromatic rings. The molecule has 0 radical (unpaired) electrons. The van der Waals surface area contributed by atoms with Gasteiger partial charge in [0.05, 0.1) is 19.8 Å². The highest BCUT2D eigenvalue weighted by molar-refractivity contribution is 6.30. The summed E-state index contributed by atoms with van der Waals surface area (Å²) in [4.78, 5) is 23.9. The fourth-order valence-corrected chi connectivity index (χ4v) is 3.19. The van der Waals surface area contributed by atoms with Crippen molar-refractivity contribution in [1.82, 2.24) is 5.32 Å². The van der Waals surface area contributed by atoms with E-state index >= 15 is 0 Å². The lowest BCUT2D eigenvalue weighted by molar-refractivity contribution is -0.174. The van der Waals surface area contributed by atoms with Crippen molar-refractivity contribution in [3.05, 3.63) is 58.1 Å². The third kappa shape index (κ3) is 6.89. The Bertz CT molecular complexity index is 930. The second-order valence-electron chi connectivity index (χ2n) is 6.99. The first kappa shape index (κ1) is 24.5. The fourth-order valence-electron chi connectivity index (χ4n) is 3.07. The molecule has 0 spiro atoms. The number of carbonyl (C=O) groups is 2. The van der Waals surface area contributed by atoms with Crippen LogP contribution >= 0.6 is 11.6 Å². The highest BCUT2D eigenvalue weighted by Crippen LogP contribution is 2.31. The normalized spacial score (nSPS) is 12.2. The van der Waals surface area contributed by atoms with Gasteiger partial charge in [-0.25, -0.2) is 0 Å². The quantitative estimate of drug-likeness (QED) is 0.550. The third-order valence-electron chi connectivity index (χ3n) is 4.62. The molecular formula is C22H23ClF3NO4. The number of amides is 1. The average molecular weight is 458 g/mol. The summed E-state index contributed by atoms with van der Waals surface area (Å²) in [6, 6.07) is 9.41. The number of Topliss-reactive ketones (excluding diaryl/α,β-unsaturated/α-hetero) is 1. The lowest BCUT2D eigenvalue weighted by Crippen LogP contribution is -2.42. The summed E-state index contributed by atoms with van der Waals surface area (Å²) in [5.74, 6) is -1.58. The van der Waals surface area contributed by atoms with Crippen molar-refractivity contribution in [2.45, 2.75) is 38.4 Å². The summed E-state index contributed by atoms with van der Waals surface area (Å²) in [5.41, 5.74) is 1.77. The molecule has 2 aromatic carbocycles. The van der Waals surface area contributed by atoms with Crippen molar-refractivity contribution in [2.24, 2.45) is 0 Å². The Morgan fingerprint density at radius 1 is 1.06 bits per heavy atom. The van der Waals surface area contributed by atoms with E-state index in [1.807, 2.05) is 17.4 Å². The Kier molecular flexibility index (Phi) is 8.33. The van der Waals surface area contributed by atoms with Crippen LogP contribution in [0.15, 0.2) is 36.4 Å². The van der Waals surface area contributed by atoms with Gasteiger partial charge in [0.25, 0.3) is 0 Å². The van der Waals surface area contributed by atoms with Crippen LogP contribution in [0.5, 0.6) is 11.5 Å². The van der Waals surface area contributed by atoms with Crippen molar-refractivity contribution >= 4 is 23.3 Å². The second-order valence-corrected chi connectivity index (χ2v) is 7.43. The molecule has 0 fully saturated rings. The Morgan fingerprint density at radius 3 is 2.23 bits per heavy atom. The summed E-state index contributed by atoms with van der Waals surface area (Å²) in [5, 5.41) is 2.51. The van der Waals surface area contributed by atoms with Crippen molar-refractivity contribution in [3.8, 4) is 11.5 Å². The van der Waals surface area contributed by atoms with Crippen molar-refractivity contribution in [1.29, 1.82) is 0 Å². The maximum atomic E-state index is 12.8. The van der Waals surface area contributed by atoms with E-state index in [4.69, 9.17) is 21.1 Å². The zero-order chi connectivity index (χ0) is 23.2. The summed E-state index contributed by atoms with van der Waals surface area (Å²) in [6.45, 7) is 1.45. The molecule has 0 saturated heterocycles. The molecule has 1 amide bonds. The van der Waals surface area contributed by atoms with E-state index in [0.29, 0.717) is 28.3 Å². The smallest absolute Gasteiger partial charge is 0.471 e. The van der Waals surface area contributed by atoms with Gasteiger partial charge in [0.2, 0.25) is 0 Å². The van der Waals surface area contributed by atoms with E-state index in [0.717, 1.165) is 5.56 Å². The van der Waals surface area contributed by atoms with Gasteiger partial charge >= 0.3 is 12.1 Å². The monoisotopic (exact) mass is 457 g/mol. The first-order valence-electron chi connectivity index (χ1n) is 9.45. The molecular weight excluding hydrogens is 435 g/mol. The van der Waals surface area contributed by atoms with Crippen LogP contribution in [0.1, 0.15) is 34.8 Å². The van der Waals surface area contributed by atoms with Gasteiger partial charge in [-0.1, -0.05) is 23.7 Å². The lowest BCUT2D eigenvalue weighted by Gasteiger charge is -2.19. The van der Waals surface area contributed by atoms with E-state index in [-0.39, 0.29) is 24.4 Å². The minimum absolute atomic E-state index is 0.0561. The van der Waals surface area contributed by atoms with Gasteiger partial charge in [-0.05, 0) is 55.2 Å². The highest BCUT2D eigenvalue weighted by atomic mass is 35.5. The fraction of sp³-hybridized carbons (Fsp3) is 0.364. The molecule has 1 N–H and O–H groups in total. The molecule has 1 atom stereocenters. The molecule has 0 aromatic heterocycles. The molecule has 0 aliphatic carbocycles. The van der Waals surface area contributed by atoms with Crippen molar-refractivity contribution in [2.75, 3.05) is 14.2 Å². The number of alkyl halides is 3. The van der Waals surface area contributed by atoms with Crippen LogP contribution in [-0.2, 0) is 17.6 Å². The molecule has 168 valence electrons. The molecule has 1 unspecified atom stereocenters. The number of nitrogens with one attached hydrogen (secondary N) is 1. The maximum Gasteiger partial charge on any atom is 0.471 e. The van der Waals surface area contributed by atoms with Gasteiger partial charge in [0, 0.05) is 17.5 Å². The van der Waals surface area contributed by atoms with E-state index in [1.165, 1.54) is 27.2 Å². The number of benzene rings is 2. The van der Waals surface area contributed by atoms with Gasteiger partial charge in [0.15, 0.2) is 5.78 Å². The van der Waals surface area contributed by atoms with Crippen LogP contribution in [-0.4, -0.2) is 38.1 Å². The molecule has 0 aliphatic rings. The van der Waals surface area contributed by atoms with E-state index < -0.39 is 18.1 Å². The molecule has 2 rings (SSSR count). The lowest BCUT2D eigenvalue weighted by atomic mass is 9.97. The number of ketones is 1. The van der Waals surface area contributed by atoms with Crippen LogP contribution in [0.2, 0.25) is 5.02 Å². The molecule has 0 heterocycles. The highest BCUT2D eigenvalue weighted by Gasteiger charge is 2.39. The maximum absolute atomic E-state index is 12.8. The van der Waals surface area contributed by atoms with Gasteiger partial charge < -0.3 is 14.8 Å². The molecule has 0 bridgehead atoms. The average Bonchev–Trinajstić information content (AvgIpc) is 2.71. The Balaban J connectivity index is 2.17. The van der Waals surface area contributed by atoms with E-state index in [9.17, 15) is 22.8 Å². The zero-order valence-electron chi connectivity index (χ0n) is 17.3. The van der Waals surface area contributed by atoms with Crippen molar-refractivity contribution in [3.63, 3.8) is 0 Å². The number of hydrogen-bond acceptors (Lipinski definition) is 4. The van der Waals surface area contributed by atoms with Gasteiger partial charge in [0.1, 0.15) is 11.5 Å². The Morgan fingerprint density at radius 2 is 1.68 bits per heavy atom. The van der Waals surface area contributed by atoms with Gasteiger partial charge in [-0.3, -0.25) is 9.59 Å². The second kappa shape index (κ2) is 10.5. The van der Waals surface area contributed by atoms with Crippen molar-refractivity contribution < 1.29 is 32.2 Å². The first-order chi connectivity index (χ1) is 14.5. The standard InChI is InChI=1S/C22H23ClF3NO4/c1-13(27-21(29)22(24,25)26)10-15-11-20(31-3)17(12-19(15)30-2)18(28)9-6-14-4-7-16(23)8-5-14/h4-5,7-8,11-13H,6,9-10H2,1-3H3,(H,27,29). The number of carbonyl (C=O) groups excluding carboxylic acids is 2. The Hall–Kier alpha value is -2.74. The number of halogens is 4. The van der Waals surface area contributed by atoms with Crippen LogP contribution in [0, 0.1) is 0 Å². The van der Waals surface area contributed by atoms with Crippen LogP contribution in [0.4, 0.5) is 13.2 Å². The summed E-state index contributed by atoms with van der Waals surface area (Å²) >= 11 is 5.87. The first-order valence-corrected chi connectivity index (χ1v) is 9.83. The Labute approximate surface area is 183 Å². The number of ether oxygens (including phenoxy) is 2. The molecule has 0 saturated carbocycles. The van der Waals surface area contributed by atoms with Crippen LogP contribution in [0.3, 0.4) is 0 Å². The molecule has 0 aliphatic heterocycles. The number of methoxy groups -OCH3 is 2. The largest absolute Gasteiger partial charge is 0.496 e. The molecule has 5 nitrogen and oxygen atoms in total. The van der Waals surface area contributed by atoms with Crippen LogP contribution < -0.4 is 14.8 Å². The van der Waals surface area contributed by atoms with E-state index in [2.05, 4.69) is 0 Å². The molecule has 9 heteroatoms. The predicted molar refractivity (Wildman–Crippen MR) is 111 cm³/mol. The third-order valence-corrected chi connectivity index (χ3v) is 4.87.